The van der Waals surface area contributed by atoms with Crippen LogP contribution >= 0.6 is 0 Å². The average molecular weight is 148 g/mol. The van der Waals surface area contributed by atoms with E-state index in [1.807, 2.05) is 0 Å². The minimum absolute atomic E-state index is 0.433. The Morgan fingerprint density at radius 2 is 2.55 bits per heavy atom. The molecule has 0 spiro atoms. The maximum atomic E-state index is 3.95. The van der Waals surface area contributed by atoms with E-state index in [0.717, 1.165) is 5.92 Å². The molecule has 0 bridgehead atoms. The minimum Gasteiger partial charge on any atom is -0.103 e. The van der Waals surface area contributed by atoms with E-state index < -0.39 is 0 Å². The summed E-state index contributed by atoms with van der Waals surface area (Å²) in [5.74, 6) is 0.855. The van der Waals surface area contributed by atoms with Crippen molar-refractivity contribution in [2.24, 2.45) is 11.3 Å². The van der Waals surface area contributed by atoms with Gasteiger partial charge in [0.25, 0.3) is 0 Å². The zero-order valence-electron chi connectivity index (χ0n) is 7.27. The summed E-state index contributed by atoms with van der Waals surface area (Å²) in [6.07, 6.45) is 9.95. The molecule has 0 heterocycles. The first-order valence-corrected chi connectivity index (χ1v) is 4.59. The predicted molar refractivity (Wildman–Crippen MR) is 48.3 cm³/mol. The quantitative estimate of drug-likeness (QED) is 0.500. The van der Waals surface area contributed by atoms with Crippen LogP contribution in [0.25, 0.3) is 0 Å². The van der Waals surface area contributed by atoms with Crippen LogP contribution in [0.2, 0.25) is 0 Å². The van der Waals surface area contributed by atoms with Gasteiger partial charge >= 0.3 is 0 Å². The lowest BCUT2D eigenvalue weighted by Crippen LogP contribution is -2.34. The second-order valence-corrected chi connectivity index (χ2v) is 4.13. The number of hydrogen-bond acceptors (Lipinski definition) is 0. The molecule has 0 saturated heterocycles. The Labute approximate surface area is 69.0 Å². The van der Waals surface area contributed by atoms with Crippen molar-refractivity contribution in [3.05, 3.63) is 24.3 Å². The lowest BCUT2D eigenvalue weighted by Gasteiger charge is -2.45. The van der Waals surface area contributed by atoms with Crippen molar-refractivity contribution in [2.75, 3.05) is 0 Å². The summed E-state index contributed by atoms with van der Waals surface area (Å²) in [5, 5.41) is 0. The molecule has 2 aliphatic carbocycles. The second-order valence-electron chi connectivity index (χ2n) is 4.13. The molecule has 1 fully saturated rings. The zero-order valence-corrected chi connectivity index (χ0v) is 7.27. The maximum Gasteiger partial charge on any atom is -0.00801 e. The lowest BCUT2D eigenvalue weighted by molar-refractivity contribution is 0.209. The third-order valence-electron chi connectivity index (χ3n) is 3.51. The van der Waals surface area contributed by atoms with E-state index in [-0.39, 0.29) is 0 Å². The van der Waals surface area contributed by atoms with E-state index in [0.29, 0.717) is 5.41 Å². The van der Waals surface area contributed by atoms with E-state index in [1.165, 1.54) is 25.7 Å². The van der Waals surface area contributed by atoms with Crippen LogP contribution in [0.4, 0.5) is 0 Å². The molecule has 0 nitrogen and oxygen atoms in total. The van der Waals surface area contributed by atoms with Crippen molar-refractivity contribution in [2.45, 2.75) is 32.6 Å². The van der Waals surface area contributed by atoms with Gasteiger partial charge < -0.3 is 0 Å². The highest BCUT2D eigenvalue weighted by molar-refractivity contribution is 5.26. The first-order chi connectivity index (χ1) is 5.26. The van der Waals surface area contributed by atoms with Crippen LogP contribution in [-0.4, -0.2) is 0 Å². The molecule has 0 aliphatic heterocycles. The summed E-state index contributed by atoms with van der Waals surface area (Å²) in [6, 6.07) is 0. The number of rotatable bonds is 1. The molecule has 2 rings (SSSR count). The highest BCUT2D eigenvalue weighted by Crippen LogP contribution is 2.51. The highest BCUT2D eigenvalue weighted by atomic mass is 14.4. The molecule has 0 N–H and O–H groups in total. The van der Waals surface area contributed by atoms with Gasteiger partial charge in [-0.3, -0.25) is 0 Å². The van der Waals surface area contributed by atoms with Gasteiger partial charge in [-0.15, -0.1) is 6.58 Å². The van der Waals surface area contributed by atoms with Gasteiger partial charge in [-0.1, -0.05) is 24.6 Å². The Kier molecular flexibility index (Phi) is 1.45. The van der Waals surface area contributed by atoms with E-state index >= 15 is 0 Å². The third kappa shape index (κ3) is 0.885. The maximum absolute atomic E-state index is 3.95. The number of fused-ring (bicyclic) bond motifs is 1. The summed E-state index contributed by atoms with van der Waals surface area (Å²) in [5.41, 5.74) is 2.14. The van der Waals surface area contributed by atoms with E-state index in [9.17, 15) is 0 Å². The SMILES string of the molecule is C=CC1(C)CCCC2=CCC21. The van der Waals surface area contributed by atoms with Gasteiger partial charge in [0.2, 0.25) is 0 Å². The molecule has 2 atom stereocenters. The molecule has 2 aliphatic rings. The van der Waals surface area contributed by atoms with Crippen LogP contribution < -0.4 is 0 Å². The normalized spacial score (nSPS) is 41.9. The Bertz CT molecular complexity index is 212. The van der Waals surface area contributed by atoms with Gasteiger partial charge in [0.1, 0.15) is 0 Å². The fourth-order valence-corrected chi connectivity index (χ4v) is 2.46. The van der Waals surface area contributed by atoms with Gasteiger partial charge in [0.15, 0.2) is 0 Å². The summed E-state index contributed by atoms with van der Waals surface area (Å²) >= 11 is 0. The molecule has 0 aromatic heterocycles. The van der Waals surface area contributed by atoms with E-state index in [4.69, 9.17) is 0 Å². The molecule has 0 amide bonds. The molecule has 2 unspecified atom stereocenters. The molecule has 60 valence electrons. The molecule has 1 saturated carbocycles. The van der Waals surface area contributed by atoms with Crippen molar-refractivity contribution in [1.29, 1.82) is 0 Å². The third-order valence-corrected chi connectivity index (χ3v) is 3.51. The first-order valence-electron chi connectivity index (χ1n) is 4.59. The lowest BCUT2D eigenvalue weighted by atomic mass is 9.59. The molecule has 11 heavy (non-hydrogen) atoms. The topological polar surface area (TPSA) is 0 Å². The monoisotopic (exact) mass is 148 g/mol. The first kappa shape index (κ1) is 7.15. The number of allylic oxidation sites excluding steroid dienone is 3. The van der Waals surface area contributed by atoms with Crippen LogP contribution in [0.1, 0.15) is 32.6 Å². The van der Waals surface area contributed by atoms with Crippen molar-refractivity contribution in [3.8, 4) is 0 Å². The smallest absolute Gasteiger partial charge is 0.00801 e. The highest BCUT2D eigenvalue weighted by Gasteiger charge is 2.39. The standard InChI is InChI=1S/C11H16/c1-3-11(2)8-4-5-9-6-7-10(9)11/h3,6,10H,1,4-5,7-8H2,2H3. The van der Waals surface area contributed by atoms with Gasteiger partial charge in [-0.2, -0.15) is 0 Å². The molecular weight excluding hydrogens is 132 g/mol. The molecule has 0 heteroatoms. The fourth-order valence-electron chi connectivity index (χ4n) is 2.46. The van der Waals surface area contributed by atoms with Gasteiger partial charge in [-0.05, 0) is 37.0 Å². The van der Waals surface area contributed by atoms with Crippen LogP contribution in [0.3, 0.4) is 0 Å². The minimum atomic E-state index is 0.433. The summed E-state index contributed by atoms with van der Waals surface area (Å²) in [7, 11) is 0. The Morgan fingerprint density at radius 1 is 1.73 bits per heavy atom. The zero-order chi connectivity index (χ0) is 7.90. The van der Waals surface area contributed by atoms with Crippen LogP contribution in [0.15, 0.2) is 24.3 Å². The van der Waals surface area contributed by atoms with Crippen LogP contribution in [0.5, 0.6) is 0 Å². The van der Waals surface area contributed by atoms with E-state index in [2.05, 4.69) is 25.7 Å². The van der Waals surface area contributed by atoms with Crippen molar-refractivity contribution in [3.63, 3.8) is 0 Å². The number of hydrogen-bond donors (Lipinski definition) is 0. The Morgan fingerprint density at radius 3 is 3.00 bits per heavy atom. The summed E-state index contributed by atoms with van der Waals surface area (Å²) < 4.78 is 0. The fraction of sp³-hybridized carbons (Fsp3) is 0.636. The van der Waals surface area contributed by atoms with Gasteiger partial charge in [0.05, 0.1) is 0 Å². The Hall–Kier alpha value is -0.520. The van der Waals surface area contributed by atoms with Gasteiger partial charge in [0, 0.05) is 0 Å². The van der Waals surface area contributed by atoms with Crippen LogP contribution in [0, 0.1) is 11.3 Å². The average Bonchev–Trinajstić information content (AvgIpc) is 1.94. The molecule has 0 radical (unpaired) electrons. The molecular formula is C11H16. The summed E-state index contributed by atoms with van der Waals surface area (Å²) in [4.78, 5) is 0. The van der Waals surface area contributed by atoms with E-state index in [1.54, 1.807) is 5.57 Å². The largest absolute Gasteiger partial charge is 0.103 e. The Balaban J connectivity index is 2.23. The van der Waals surface area contributed by atoms with Gasteiger partial charge in [-0.25, -0.2) is 0 Å². The summed E-state index contributed by atoms with van der Waals surface area (Å²) in [6.45, 7) is 6.31. The van der Waals surface area contributed by atoms with Crippen molar-refractivity contribution >= 4 is 0 Å². The second kappa shape index (κ2) is 2.23. The van der Waals surface area contributed by atoms with Crippen molar-refractivity contribution < 1.29 is 0 Å². The predicted octanol–water partition coefficient (Wildman–Crippen LogP) is 3.31. The van der Waals surface area contributed by atoms with Crippen LogP contribution in [-0.2, 0) is 0 Å². The molecule has 0 aromatic carbocycles. The van der Waals surface area contributed by atoms with Crippen molar-refractivity contribution in [1.82, 2.24) is 0 Å². The molecule has 0 aromatic rings.